The van der Waals surface area contributed by atoms with Gasteiger partial charge in [-0.05, 0) is 66.6 Å². The second kappa shape index (κ2) is 9.50. The fourth-order valence-corrected chi connectivity index (χ4v) is 3.51. The Balaban J connectivity index is 1.40. The molecule has 0 atom stereocenters. The third-order valence-electron chi connectivity index (χ3n) is 4.93. The minimum Gasteiger partial charge on any atom is -0.454 e. The van der Waals surface area contributed by atoms with E-state index < -0.39 is 30.0 Å². The highest BCUT2D eigenvalue weighted by atomic mass is 79.9. The Hall–Kier alpha value is -3.59. The molecule has 1 aliphatic rings. The van der Waals surface area contributed by atoms with Crippen LogP contribution in [0.4, 0.5) is 14.5 Å². The number of hydrogen-bond acceptors (Lipinski definition) is 5. The normalized spacial score (nSPS) is 12.5. The summed E-state index contributed by atoms with van der Waals surface area (Å²) in [4.78, 5) is 36.1. The average molecular weight is 516 g/mol. The molecule has 0 spiro atoms. The van der Waals surface area contributed by atoms with Gasteiger partial charge in [-0.1, -0.05) is 15.9 Å². The van der Waals surface area contributed by atoms with Crippen LogP contribution in [0.25, 0.3) is 0 Å². The first-order chi connectivity index (χ1) is 15.8. The number of halogens is 3. The monoisotopic (exact) mass is 515 g/mol. The Bertz CT molecular complexity index is 1260. The third kappa shape index (κ3) is 5.25. The number of anilines is 1. The number of esters is 1. The van der Waals surface area contributed by atoms with Gasteiger partial charge in [0.15, 0.2) is 18.2 Å². The summed E-state index contributed by atoms with van der Waals surface area (Å²) in [6.45, 7) is -0.723. The zero-order chi connectivity index (χ0) is 23.5. The fraction of sp³-hybridized carbons (Fsp3) is 0.125. The van der Waals surface area contributed by atoms with Gasteiger partial charge in [0.2, 0.25) is 11.7 Å². The smallest absolute Gasteiger partial charge is 0.338 e. The van der Waals surface area contributed by atoms with Gasteiger partial charge in [-0.15, -0.1) is 0 Å². The molecular weight excluding hydrogens is 500 g/mol. The first kappa shape index (κ1) is 22.6. The number of carbonyl (C=O) groups excluding carboxylic acids is 3. The first-order valence-corrected chi connectivity index (χ1v) is 10.6. The minimum atomic E-state index is -0.942. The molecule has 0 saturated carbocycles. The van der Waals surface area contributed by atoms with Gasteiger partial charge in [-0.2, -0.15) is 0 Å². The van der Waals surface area contributed by atoms with Gasteiger partial charge in [-0.3, -0.25) is 9.59 Å². The summed E-state index contributed by atoms with van der Waals surface area (Å²) in [5.41, 5.74) is 0.562. The lowest BCUT2D eigenvalue weighted by Crippen LogP contribution is -2.21. The SMILES string of the molecule is O=C1CCc2cc(C(=O)COC(=O)c3ccc(Oc4ccc(Br)cc4)c(F)c3)c(F)cc2N1. The summed E-state index contributed by atoms with van der Waals surface area (Å²) in [5.74, 6) is -3.23. The molecule has 1 heterocycles. The van der Waals surface area contributed by atoms with E-state index in [2.05, 4.69) is 21.2 Å². The summed E-state index contributed by atoms with van der Waals surface area (Å²) in [7, 11) is 0. The maximum absolute atomic E-state index is 14.4. The largest absolute Gasteiger partial charge is 0.454 e. The van der Waals surface area contributed by atoms with Crippen LogP contribution in [0.15, 0.2) is 59.1 Å². The molecule has 0 fully saturated rings. The molecule has 3 aromatic carbocycles. The quantitative estimate of drug-likeness (QED) is 0.349. The van der Waals surface area contributed by atoms with E-state index in [4.69, 9.17) is 9.47 Å². The van der Waals surface area contributed by atoms with Crippen LogP contribution in [0.2, 0.25) is 0 Å². The molecule has 0 radical (unpaired) electrons. The van der Waals surface area contributed by atoms with E-state index >= 15 is 0 Å². The fourth-order valence-electron chi connectivity index (χ4n) is 3.25. The van der Waals surface area contributed by atoms with Gasteiger partial charge in [0.1, 0.15) is 11.6 Å². The van der Waals surface area contributed by atoms with E-state index in [1.165, 1.54) is 18.2 Å². The molecular formula is C24H16BrF2NO5. The van der Waals surface area contributed by atoms with Crippen molar-refractivity contribution in [1.82, 2.24) is 0 Å². The molecule has 1 N–H and O–H groups in total. The molecule has 1 aliphatic heterocycles. The maximum atomic E-state index is 14.4. The zero-order valence-corrected chi connectivity index (χ0v) is 18.6. The van der Waals surface area contributed by atoms with Crippen molar-refractivity contribution in [3.8, 4) is 11.5 Å². The lowest BCUT2D eigenvalue weighted by atomic mass is 9.98. The first-order valence-electron chi connectivity index (χ1n) is 9.86. The van der Waals surface area contributed by atoms with Gasteiger partial charge in [0.05, 0.1) is 11.1 Å². The Morgan fingerprint density at radius 1 is 0.970 bits per heavy atom. The highest BCUT2D eigenvalue weighted by Crippen LogP contribution is 2.28. The molecule has 33 heavy (non-hydrogen) atoms. The van der Waals surface area contributed by atoms with Crippen LogP contribution in [-0.4, -0.2) is 24.3 Å². The Labute approximate surface area is 195 Å². The highest BCUT2D eigenvalue weighted by Gasteiger charge is 2.22. The van der Waals surface area contributed by atoms with E-state index in [1.807, 2.05) is 0 Å². The van der Waals surface area contributed by atoms with E-state index in [9.17, 15) is 23.2 Å². The van der Waals surface area contributed by atoms with Crippen molar-refractivity contribution >= 4 is 39.3 Å². The molecule has 0 aromatic heterocycles. The molecule has 0 aliphatic carbocycles. The summed E-state index contributed by atoms with van der Waals surface area (Å²) >= 11 is 3.29. The van der Waals surface area contributed by atoms with Crippen LogP contribution in [-0.2, 0) is 16.0 Å². The predicted octanol–water partition coefficient (Wildman–Crippen LogP) is 5.44. The van der Waals surface area contributed by atoms with Crippen LogP contribution < -0.4 is 10.1 Å². The van der Waals surface area contributed by atoms with E-state index in [-0.39, 0.29) is 29.2 Å². The van der Waals surface area contributed by atoms with Crippen molar-refractivity contribution in [2.45, 2.75) is 12.8 Å². The second-order valence-electron chi connectivity index (χ2n) is 7.24. The van der Waals surface area contributed by atoms with Gasteiger partial charge in [0.25, 0.3) is 0 Å². The number of hydrogen-bond donors (Lipinski definition) is 1. The molecule has 3 aromatic rings. The van der Waals surface area contributed by atoms with Crippen LogP contribution in [0.5, 0.6) is 11.5 Å². The van der Waals surface area contributed by atoms with Gasteiger partial charge in [-0.25, -0.2) is 13.6 Å². The molecule has 0 unspecified atom stereocenters. The number of carbonyl (C=O) groups is 3. The van der Waals surface area contributed by atoms with E-state index in [1.54, 1.807) is 24.3 Å². The van der Waals surface area contributed by atoms with Crippen molar-refractivity contribution in [3.63, 3.8) is 0 Å². The standard InChI is InChI=1S/C24H16BrF2NO5/c25-15-3-5-16(6-4-15)33-22-7-1-14(10-19(22)27)24(31)32-12-21(29)17-9-13-2-8-23(30)28-20(13)11-18(17)26/h1,3-7,9-11H,2,8,12H2,(H,28,30). The summed E-state index contributed by atoms with van der Waals surface area (Å²) in [5, 5.41) is 2.54. The number of rotatable bonds is 6. The highest BCUT2D eigenvalue weighted by molar-refractivity contribution is 9.10. The zero-order valence-electron chi connectivity index (χ0n) is 17.0. The summed E-state index contributed by atoms with van der Waals surface area (Å²) < 4.78 is 40.0. The second-order valence-corrected chi connectivity index (χ2v) is 8.15. The van der Waals surface area contributed by atoms with Crippen LogP contribution >= 0.6 is 15.9 Å². The van der Waals surface area contributed by atoms with Gasteiger partial charge < -0.3 is 14.8 Å². The number of benzene rings is 3. The average Bonchev–Trinajstić information content (AvgIpc) is 2.79. The van der Waals surface area contributed by atoms with Crippen LogP contribution in [0, 0.1) is 11.6 Å². The van der Waals surface area contributed by atoms with Crippen LogP contribution in [0.3, 0.4) is 0 Å². The van der Waals surface area contributed by atoms with E-state index in [0.29, 0.717) is 23.4 Å². The molecule has 1 amide bonds. The van der Waals surface area contributed by atoms with Crippen LogP contribution in [0.1, 0.15) is 32.7 Å². The summed E-state index contributed by atoms with van der Waals surface area (Å²) in [6, 6.07) is 12.7. The number of ketones is 1. The molecule has 9 heteroatoms. The summed E-state index contributed by atoms with van der Waals surface area (Å²) in [6.07, 6.45) is 0.601. The lowest BCUT2D eigenvalue weighted by molar-refractivity contribution is -0.116. The Morgan fingerprint density at radius 2 is 1.73 bits per heavy atom. The van der Waals surface area contributed by atoms with Crippen molar-refractivity contribution < 1.29 is 32.6 Å². The maximum Gasteiger partial charge on any atom is 0.338 e. The number of aryl methyl sites for hydroxylation is 1. The number of amides is 1. The van der Waals surface area contributed by atoms with Crippen molar-refractivity contribution in [3.05, 3.63) is 87.4 Å². The minimum absolute atomic E-state index is 0.0897. The number of ether oxygens (including phenoxy) is 2. The molecule has 0 bridgehead atoms. The molecule has 6 nitrogen and oxygen atoms in total. The van der Waals surface area contributed by atoms with Crippen molar-refractivity contribution in [1.29, 1.82) is 0 Å². The molecule has 168 valence electrons. The third-order valence-corrected chi connectivity index (χ3v) is 5.46. The molecule has 0 saturated heterocycles. The van der Waals surface area contributed by atoms with Crippen molar-refractivity contribution in [2.24, 2.45) is 0 Å². The number of Topliss-reactive ketones (excluding diaryl/α,β-unsaturated/α-hetero) is 1. The van der Waals surface area contributed by atoms with E-state index in [0.717, 1.165) is 16.6 Å². The predicted molar refractivity (Wildman–Crippen MR) is 119 cm³/mol. The topological polar surface area (TPSA) is 81.7 Å². The lowest BCUT2D eigenvalue weighted by Gasteiger charge is -2.18. The molecule has 4 rings (SSSR count). The van der Waals surface area contributed by atoms with Gasteiger partial charge >= 0.3 is 5.97 Å². The Kier molecular flexibility index (Phi) is 6.50. The Morgan fingerprint density at radius 3 is 2.45 bits per heavy atom. The number of fused-ring (bicyclic) bond motifs is 1. The van der Waals surface area contributed by atoms with Crippen molar-refractivity contribution in [2.75, 3.05) is 11.9 Å². The number of nitrogens with one attached hydrogen (secondary N) is 1. The van der Waals surface area contributed by atoms with Gasteiger partial charge in [0, 0.05) is 16.6 Å².